The van der Waals surface area contributed by atoms with Crippen molar-refractivity contribution in [3.8, 4) is 0 Å². The summed E-state index contributed by atoms with van der Waals surface area (Å²) in [4.78, 5) is 11.1. The summed E-state index contributed by atoms with van der Waals surface area (Å²) >= 11 is 0. The van der Waals surface area contributed by atoms with Crippen LogP contribution in [0.2, 0.25) is 0 Å². The lowest BCUT2D eigenvalue weighted by Gasteiger charge is -2.21. The summed E-state index contributed by atoms with van der Waals surface area (Å²) in [7, 11) is 3.07. The van der Waals surface area contributed by atoms with Gasteiger partial charge in [-0.3, -0.25) is 4.79 Å². The number of methoxy groups -OCH3 is 2. The summed E-state index contributed by atoms with van der Waals surface area (Å²) in [6.45, 7) is 8.19. The second-order valence-corrected chi connectivity index (χ2v) is 6.07. The standard InChI is InChI=1S/C18H36O5/c1-6-8-9-16(7-2)12-22-13-17(20-4)14-23-15(3)10-11-18(19)21-5/h15-17H,6-14H2,1-5H3. The zero-order valence-electron chi connectivity index (χ0n) is 15.6. The largest absolute Gasteiger partial charge is 0.469 e. The second kappa shape index (κ2) is 14.9. The third-order valence-electron chi connectivity index (χ3n) is 4.08. The monoisotopic (exact) mass is 332 g/mol. The van der Waals surface area contributed by atoms with E-state index >= 15 is 0 Å². The van der Waals surface area contributed by atoms with Crippen molar-refractivity contribution in [3.05, 3.63) is 0 Å². The number of hydrogen-bond donors (Lipinski definition) is 0. The zero-order chi connectivity index (χ0) is 17.5. The molecule has 0 aliphatic rings. The minimum absolute atomic E-state index is 0.000283. The molecule has 0 spiro atoms. The number of carbonyl (C=O) groups excluding carboxylic acids is 1. The molecule has 0 saturated heterocycles. The van der Waals surface area contributed by atoms with Gasteiger partial charge in [0.25, 0.3) is 0 Å². The number of hydrogen-bond acceptors (Lipinski definition) is 5. The van der Waals surface area contributed by atoms with Crippen LogP contribution in [0.1, 0.15) is 59.3 Å². The number of esters is 1. The Hall–Kier alpha value is -0.650. The van der Waals surface area contributed by atoms with Gasteiger partial charge < -0.3 is 18.9 Å². The van der Waals surface area contributed by atoms with Crippen molar-refractivity contribution in [1.29, 1.82) is 0 Å². The van der Waals surface area contributed by atoms with Crippen molar-refractivity contribution < 1.29 is 23.7 Å². The number of rotatable bonds is 15. The first-order chi connectivity index (χ1) is 11.1. The molecule has 0 fully saturated rings. The molecule has 0 aromatic heterocycles. The lowest BCUT2D eigenvalue weighted by Crippen LogP contribution is -2.28. The first-order valence-corrected chi connectivity index (χ1v) is 8.86. The molecule has 0 heterocycles. The molecule has 3 unspecified atom stereocenters. The van der Waals surface area contributed by atoms with E-state index < -0.39 is 0 Å². The minimum atomic E-state index is -0.204. The molecule has 138 valence electrons. The third kappa shape index (κ3) is 12.4. The van der Waals surface area contributed by atoms with Crippen molar-refractivity contribution in [1.82, 2.24) is 0 Å². The smallest absolute Gasteiger partial charge is 0.305 e. The normalized spacial score (nSPS) is 15.2. The quantitative estimate of drug-likeness (QED) is 0.429. The van der Waals surface area contributed by atoms with Gasteiger partial charge in [-0.2, -0.15) is 0 Å². The van der Waals surface area contributed by atoms with Crippen LogP contribution in [0.15, 0.2) is 0 Å². The van der Waals surface area contributed by atoms with Gasteiger partial charge in [-0.25, -0.2) is 0 Å². The Bertz CT molecular complexity index is 283. The van der Waals surface area contributed by atoms with E-state index in [1.54, 1.807) is 7.11 Å². The van der Waals surface area contributed by atoms with E-state index in [-0.39, 0.29) is 18.2 Å². The Balaban J connectivity index is 3.86. The molecule has 5 nitrogen and oxygen atoms in total. The summed E-state index contributed by atoms with van der Waals surface area (Å²) in [5.74, 6) is 0.428. The third-order valence-corrected chi connectivity index (χ3v) is 4.08. The fourth-order valence-electron chi connectivity index (χ4n) is 2.23. The Kier molecular flexibility index (Phi) is 14.5. The highest BCUT2D eigenvalue weighted by Crippen LogP contribution is 2.13. The Morgan fingerprint density at radius 2 is 1.78 bits per heavy atom. The Morgan fingerprint density at radius 3 is 2.35 bits per heavy atom. The molecule has 23 heavy (non-hydrogen) atoms. The van der Waals surface area contributed by atoms with Crippen molar-refractivity contribution in [2.45, 2.75) is 71.5 Å². The van der Waals surface area contributed by atoms with E-state index in [1.807, 2.05) is 6.92 Å². The SMILES string of the molecule is CCCCC(CC)COCC(COC(C)CCC(=O)OC)OC. The van der Waals surface area contributed by atoms with Crippen LogP contribution in [0.25, 0.3) is 0 Å². The highest BCUT2D eigenvalue weighted by molar-refractivity contribution is 5.69. The van der Waals surface area contributed by atoms with Gasteiger partial charge in [0.05, 0.1) is 26.4 Å². The van der Waals surface area contributed by atoms with E-state index in [1.165, 1.54) is 26.4 Å². The zero-order valence-corrected chi connectivity index (χ0v) is 15.6. The second-order valence-electron chi connectivity index (χ2n) is 6.07. The van der Waals surface area contributed by atoms with E-state index in [0.717, 1.165) is 13.0 Å². The minimum Gasteiger partial charge on any atom is -0.469 e. The summed E-state index contributed by atoms with van der Waals surface area (Å²) in [5, 5.41) is 0. The molecule has 0 aliphatic carbocycles. The molecule has 0 aromatic rings. The summed E-state index contributed by atoms with van der Waals surface area (Å²) < 4.78 is 21.6. The molecule has 3 atom stereocenters. The lowest BCUT2D eigenvalue weighted by molar-refractivity contribution is -0.141. The van der Waals surface area contributed by atoms with Gasteiger partial charge in [0.1, 0.15) is 6.10 Å². The van der Waals surface area contributed by atoms with Gasteiger partial charge in [-0.1, -0.05) is 33.1 Å². The fraction of sp³-hybridized carbons (Fsp3) is 0.944. The van der Waals surface area contributed by atoms with Gasteiger partial charge in [0.15, 0.2) is 0 Å². The molecule has 0 aliphatic heterocycles. The van der Waals surface area contributed by atoms with Crippen LogP contribution in [0.3, 0.4) is 0 Å². The van der Waals surface area contributed by atoms with Crippen molar-refractivity contribution in [3.63, 3.8) is 0 Å². The van der Waals surface area contributed by atoms with Crippen LogP contribution >= 0.6 is 0 Å². The predicted octanol–water partition coefficient (Wildman–Crippen LogP) is 3.59. The topological polar surface area (TPSA) is 54.0 Å². The molecule has 0 rings (SSSR count). The van der Waals surface area contributed by atoms with E-state index in [2.05, 4.69) is 18.6 Å². The molecular formula is C18H36O5. The lowest BCUT2D eigenvalue weighted by atomic mass is 10.0. The maximum Gasteiger partial charge on any atom is 0.305 e. The summed E-state index contributed by atoms with van der Waals surface area (Å²) in [5.41, 5.74) is 0. The van der Waals surface area contributed by atoms with Crippen molar-refractivity contribution in [2.75, 3.05) is 34.0 Å². The first kappa shape index (κ1) is 22.4. The molecule has 0 amide bonds. The van der Waals surface area contributed by atoms with E-state index in [4.69, 9.17) is 14.2 Å². The summed E-state index contributed by atoms with van der Waals surface area (Å²) in [6.07, 6.45) is 5.83. The number of unbranched alkanes of at least 4 members (excludes halogenated alkanes) is 1. The molecule has 0 bridgehead atoms. The summed E-state index contributed by atoms with van der Waals surface area (Å²) in [6, 6.07) is 0. The van der Waals surface area contributed by atoms with Crippen LogP contribution < -0.4 is 0 Å². The van der Waals surface area contributed by atoms with Crippen LogP contribution in [0.5, 0.6) is 0 Å². The van der Waals surface area contributed by atoms with Gasteiger partial charge in [-0.15, -0.1) is 0 Å². The molecule has 0 aromatic carbocycles. The number of ether oxygens (including phenoxy) is 4. The Morgan fingerprint density at radius 1 is 1.04 bits per heavy atom. The molecule has 0 N–H and O–H groups in total. The van der Waals surface area contributed by atoms with Gasteiger partial charge in [-0.05, 0) is 25.7 Å². The maximum absolute atomic E-state index is 11.1. The maximum atomic E-state index is 11.1. The first-order valence-electron chi connectivity index (χ1n) is 8.86. The predicted molar refractivity (Wildman–Crippen MR) is 91.6 cm³/mol. The van der Waals surface area contributed by atoms with Crippen LogP contribution in [-0.2, 0) is 23.7 Å². The fourth-order valence-corrected chi connectivity index (χ4v) is 2.23. The van der Waals surface area contributed by atoms with E-state index in [0.29, 0.717) is 32.0 Å². The van der Waals surface area contributed by atoms with Crippen LogP contribution in [-0.4, -0.2) is 52.2 Å². The van der Waals surface area contributed by atoms with Gasteiger partial charge >= 0.3 is 5.97 Å². The van der Waals surface area contributed by atoms with E-state index in [9.17, 15) is 4.79 Å². The average molecular weight is 332 g/mol. The highest BCUT2D eigenvalue weighted by Gasteiger charge is 2.13. The van der Waals surface area contributed by atoms with Gasteiger partial charge in [0.2, 0.25) is 0 Å². The van der Waals surface area contributed by atoms with Crippen molar-refractivity contribution >= 4 is 5.97 Å². The average Bonchev–Trinajstić information content (AvgIpc) is 2.58. The van der Waals surface area contributed by atoms with Crippen molar-refractivity contribution in [2.24, 2.45) is 5.92 Å². The molecule has 5 heteroatoms. The molecule has 0 saturated carbocycles. The highest BCUT2D eigenvalue weighted by atomic mass is 16.6. The number of carbonyl (C=O) groups is 1. The Labute approximate surface area is 142 Å². The van der Waals surface area contributed by atoms with Crippen LogP contribution in [0, 0.1) is 5.92 Å². The van der Waals surface area contributed by atoms with Gasteiger partial charge in [0, 0.05) is 20.1 Å². The molecular weight excluding hydrogens is 296 g/mol. The van der Waals surface area contributed by atoms with Crippen LogP contribution in [0.4, 0.5) is 0 Å². The molecule has 0 radical (unpaired) electrons.